The van der Waals surface area contributed by atoms with Crippen molar-refractivity contribution in [1.29, 1.82) is 0 Å². The van der Waals surface area contributed by atoms with E-state index in [0.29, 0.717) is 11.8 Å². The molecule has 1 N–H and O–H groups in total. The maximum atomic E-state index is 12.3. The molecule has 1 amide bonds. The first kappa shape index (κ1) is 15.6. The van der Waals surface area contributed by atoms with Gasteiger partial charge in [0.05, 0.1) is 28.2 Å². The number of amides is 1. The Balaban J connectivity index is 1.41. The maximum absolute atomic E-state index is 12.3. The Labute approximate surface area is 147 Å². The molecule has 0 aromatic carbocycles. The van der Waals surface area contributed by atoms with Gasteiger partial charge in [0.1, 0.15) is 17.2 Å². The van der Waals surface area contributed by atoms with Crippen molar-refractivity contribution in [1.82, 2.24) is 19.7 Å². The van der Waals surface area contributed by atoms with Crippen LogP contribution in [-0.4, -0.2) is 31.4 Å². The number of nitrogens with one attached hydrogen (secondary N) is 1. The quantitative estimate of drug-likeness (QED) is 0.555. The standard InChI is InChI=1S/C16H17N5OS2/c22-14(9-24-16-15-12(6-8-23-15)17-10-18-16)20-13-5-7-19-21(13)11-3-1-2-4-11/h5-8,10-11H,1-4,9H2,(H,20,22). The van der Waals surface area contributed by atoms with Crippen molar-refractivity contribution in [2.45, 2.75) is 36.8 Å². The summed E-state index contributed by atoms with van der Waals surface area (Å²) in [4.78, 5) is 20.8. The van der Waals surface area contributed by atoms with Crippen LogP contribution in [0.15, 0.2) is 35.1 Å². The fourth-order valence-electron chi connectivity index (χ4n) is 3.04. The number of thiophene rings is 1. The first-order chi connectivity index (χ1) is 11.8. The summed E-state index contributed by atoms with van der Waals surface area (Å²) in [5, 5.41) is 10.2. The van der Waals surface area contributed by atoms with Crippen LogP contribution in [0.3, 0.4) is 0 Å². The van der Waals surface area contributed by atoms with Crippen molar-refractivity contribution in [3.05, 3.63) is 30.0 Å². The molecule has 6 nitrogen and oxygen atoms in total. The van der Waals surface area contributed by atoms with E-state index in [2.05, 4.69) is 20.4 Å². The number of carbonyl (C=O) groups excluding carboxylic acids is 1. The molecule has 0 aliphatic heterocycles. The molecule has 3 aromatic rings. The van der Waals surface area contributed by atoms with E-state index < -0.39 is 0 Å². The number of aromatic nitrogens is 4. The molecule has 3 aromatic heterocycles. The van der Waals surface area contributed by atoms with Crippen molar-refractivity contribution in [2.24, 2.45) is 0 Å². The van der Waals surface area contributed by atoms with E-state index in [9.17, 15) is 4.79 Å². The van der Waals surface area contributed by atoms with Crippen LogP contribution in [0.4, 0.5) is 5.82 Å². The number of hydrogen-bond donors (Lipinski definition) is 1. The summed E-state index contributed by atoms with van der Waals surface area (Å²) in [7, 11) is 0. The van der Waals surface area contributed by atoms with Gasteiger partial charge in [-0.3, -0.25) is 4.79 Å². The van der Waals surface area contributed by atoms with Gasteiger partial charge in [-0.05, 0) is 24.3 Å². The lowest BCUT2D eigenvalue weighted by molar-refractivity contribution is -0.113. The molecule has 4 rings (SSSR count). The summed E-state index contributed by atoms with van der Waals surface area (Å²) < 4.78 is 2.99. The molecule has 8 heteroatoms. The molecule has 0 atom stereocenters. The lowest BCUT2D eigenvalue weighted by Crippen LogP contribution is -2.19. The second-order valence-corrected chi connectivity index (χ2v) is 7.63. The molecule has 1 aliphatic rings. The van der Waals surface area contributed by atoms with Gasteiger partial charge in [0, 0.05) is 6.07 Å². The van der Waals surface area contributed by atoms with E-state index in [1.54, 1.807) is 23.9 Å². The average molecular weight is 359 g/mol. The monoisotopic (exact) mass is 359 g/mol. The summed E-state index contributed by atoms with van der Waals surface area (Å²) in [6, 6.07) is 4.24. The molecule has 0 unspecified atom stereocenters. The highest BCUT2D eigenvalue weighted by Gasteiger charge is 2.20. The van der Waals surface area contributed by atoms with Crippen molar-refractivity contribution in [2.75, 3.05) is 11.1 Å². The average Bonchev–Trinajstić information content (AvgIpc) is 3.32. The van der Waals surface area contributed by atoms with E-state index >= 15 is 0 Å². The van der Waals surface area contributed by atoms with Crippen LogP contribution in [0.2, 0.25) is 0 Å². The molecular weight excluding hydrogens is 342 g/mol. The minimum Gasteiger partial charge on any atom is -0.310 e. The van der Waals surface area contributed by atoms with Crippen molar-refractivity contribution >= 4 is 45.0 Å². The third-order valence-electron chi connectivity index (χ3n) is 4.16. The zero-order valence-corrected chi connectivity index (χ0v) is 14.6. The highest BCUT2D eigenvalue weighted by molar-refractivity contribution is 8.00. The summed E-state index contributed by atoms with van der Waals surface area (Å²) in [5.74, 6) is 1.07. The Morgan fingerprint density at radius 2 is 2.21 bits per heavy atom. The zero-order chi connectivity index (χ0) is 16.4. The third kappa shape index (κ3) is 3.16. The molecular formula is C16H17N5OS2. The Kier molecular flexibility index (Phi) is 4.48. The summed E-state index contributed by atoms with van der Waals surface area (Å²) >= 11 is 3.04. The summed E-state index contributed by atoms with van der Waals surface area (Å²) in [6.45, 7) is 0. The van der Waals surface area contributed by atoms with Gasteiger partial charge < -0.3 is 5.32 Å². The van der Waals surface area contributed by atoms with E-state index in [4.69, 9.17) is 0 Å². The highest BCUT2D eigenvalue weighted by atomic mass is 32.2. The van der Waals surface area contributed by atoms with Crippen LogP contribution in [0, 0.1) is 0 Å². The normalized spacial score (nSPS) is 15.2. The van der Waals surface area contributed by atoms with Crippen molar-refractivity contribution in [3.63, 3.8) is 0 Å². The van der Waals surface area contributed by atoms with Crippen LogP contribution < -0.4 is 5.32 Å². The van der Waals surface area contributed by atoms with Crippen LogP contribution >= 0.6 is 23.1 Å². The van der Waals surface area contributed by atoms with Gasteiger partial charge >= 0.3 is 0 Å². The van der Waals surface area contributed by atoms with E-state index in [1.165, 1.54) is 24.6 Å². The minimum atomic E-state index is -0.0388. The van der Waals surface area contributed by atoms with Gasteiger partial charge in [0.15, 0.2) is 0 Å². The van der Waals surface area contributed by atoms with Gasteiger partial charge in [-0.1, -0.05) is 24.6 Å². The molecule has 24 heavy (non-hydrogen) atoms. The molecule has 3 heterocycles. The fraction of sp³-hybridized carbons (Fsp3) is 0.375. The number of rotatable bonds is 5. The summed E-state index contributed by atoms with van der Waals surface area (Å²) in [6.07, 6.45) is 8.04. The van der Waals surface area contributed by atoms with Gasteiger partial charge in [-0.2, -0.15) is 5.10 Å². The van der Waals surface area contributed by atoms with Crippen molar-refractivity contribution < 1.29 is 4.79 Å². The molecule has 1 aliphatic carbocycles. The Bertz CT molecular complexity index is 853. The predicted octanol–water partition coefficient (Wildman–Crippen LogP) is 3.73. The highest BCUT2D eigenvalue weighted by Crippen LogP contribution is 2.31. The SMILES string of the molecule is O=C(CSc1ncnc2ccsc12)Nc1ccnn1C1CCCC1. The van der Waals surface area contributed by atoms with Gasteiger partial charge in [-0.15, -0.1) is 11.3 Å². The topological polar surface area (TPSA) is 72.7 Å². The van der Waals surface area contributed by atoms with Crippen LogP contribution in [0.1, 0.15) is 31.7 Å². The molecule has 0 spiro atoms. The van der Waals surface area contributed by atoms with E-state index in [-0.39, 0.29) is 5.91 Å². The summed E-state index contributed by atoms with van der Waals surface area (Å²) in [5.41, 5.74) is 0.928. The molecule has 0 radical (unpaired) electrons. The number of hydrogen-bond acceptors (Lipinski definition) is 6. The largest absolute Gasteiger partial charge is 0.310 e. The Hall–Kier alpha value is -1.93. The third-order valence-corrected chi connectivity index (χ3v) is 6.19. The number of nitrogens with zero attached hydrogens (tertiary/aromatic N) is 4. The van der Waals surface area contributed by atoms with Gasteiger partial charge in [-0.25, -0.2) is 14.6 Å². The minimum absolute atomic E-state index is 0.0388. The number of anilines is 1. The van der Waals surface area contributed by atoms with Crippen LogP contribution in [-0.2, 0) is 4.79 Å². The van der Waals surface area contributed by atoms with Gasteiger partial charge in [0.2, 0.25) is 5.91 Å². The number of carbonyl (C=O) groups is 1. The predicted molar refractivity (Wildman–Crippen MR) is 96.5 cm³/mol. The van der Waals surface area contributed by atoms with E-state index in [0.717, 1.165) is 33.9 Å². The smallest absolute Gasteiger partial charge is 0.235 e. The number of thioether (sulfide) groups is 1. The maximum Gasteiger partial charge on any atom is 0.235 e. The molecule has 0 saturated heterocycles. The van der Waals surface area contributed by atoms with Crippen LogP contribution in [0.5, 0.6) is 0 Å². The van der Waals surface area contributed by atoms with E-state index in [1.807, 2.05) is 22.2 Å². The second kappa shape index (κ2) is 6.90. The fourth-order valence-corrected chi connectivity index (χ4v) is 4.78. The lowest BCUT2D eigenvalue weighted by Gasteiger charge is -2.14. The molecule has 1 saturated carbocycles. The Morgan fingerprint density at radius 1 is 1.33 bits per heavy atom. The molecule has 1 fully saturated rings. The number of fused-ring (bicyclic) bond motifs is 1. The molecule has 0 bridgehead atoms. The lowest BCUT2D eigenvalue weighted by atomic mass is 10.2. The molecule has 124 valence electrons. The Morgan fingerprint density at radius 3 is 3.08 bits per heavy atom. The van der Waals surface area contributed by atoms with Gasteiger partial charge in [0.25, 0.3) is 0 Å². The first-order valence-electron chi connectivity index (χ1n) is 7.95. The second-order valence-electron chi connectivity index (χ2n) is 5.75. The zero-order valence-electron chi connectivity index (χ0n) is 13.0. The first-order valence-corrected chi connectivity index (χ1v) is 9.82. The van der Waals surface area contributed by atoms with Crippen LogP contribution in [0.25, 0.3) is 10.2 Å². The van der Waals surface area contributed by atoms with Crippen molar-refractivity contribution in [3.8, 4) is 0 Å².